The van der Waals surface area contributed by atoms with E-state index in [1.54, 1.807) is 18.2 Å². The number of aromatic hydroxyl groups is 1. The summed E-state index contributed by atoms with van der Waals surface area (Å²) in [6.07, 6.45) is 0. The molecular weight excluding hydrogens is 340 g/mol. The molecule has 0 spiro atoms. The average molecular weight is 349 g/mol. The zero-order chi connectivity index (χ0) is 14.0. The minimum atomic E-state index is -0.714. The van der Waals surface area contributed by atoms with Crippen LogP contribution in [0.4, 0.5) is 14.5 Å². The van der Waals surface area contributed by atoms with E-state index in [-0.39, 0.29) is 27.5 Å². The highest BCUT2D eigenvalue weighted by Crippen LogP contribution is 2.30. The van der Waals surface area contributed by atoms with Crippen LogP contribution >= 0.6 is 27.5 Å². The predicted octanol–water partition coefficient (Wildman–Crippen LogP) is 4.70. The van der Waals surface area contributed by atoms with Gasteiger partial charge in [0.1, 0.15) is 17.4 Å². The second-order valence-electron chi connectivity index (χ2n) is 3.85. The summed E-state index contributed by atoms with van der Waals surface area (Å²) in [6.45, 7) is 0.160. The topological polar surface area (TPSA) is 32.3 Å². The Morgan fingerprint density at radius 1 is 1.26 bits per heavy atom. The molecule has 0 heterocycles. The Morgan fingerprint density at radius 2 is 2.00 bits per heavy atom. The standard InChI is InChI=1S/C13H9BrClF2NO/c14-9-4-8(16)5-11(17)12(9)18-6-7-2-1-3-10(15)13(7)19/h1-5,18-19H,6H2. The molecule has 19 heavy (non-hydrogen) atoms. The van der Waals surface area contributed by atoms with Crippen LogP contribution in [0.1, 0.15) is 5.56 Å². The summed E-state index contributed by atoms with van der Waals surface area (Å²) >= 11 is 8.84. The second kappa shape index (κ2) is 5.75. The Balaban J connectivity index is 2.22. The van der Waals surface area contributed by atoms with Gasteiger partial charge in [0.25, 0.3) is 0 Å². The van der Waals surface area contributed by atoms with Crippen molar-refractivity contribution in [2.75, 3.05) is 5.32 Å². The van der Waals surface area contributed by atoms with Gasteiger partial charge in [0.2, 0.25) is 0 Å². The van der Waals surface area contributed by atoms with Crippen LogP contribution in [0.5, 0.6) is 5.75 Å². The van der Waals surface area contributed by atoms with Crippen LogP contribution in [0.15, 0.2) is 34.8 Å². The lowest BCUT2D eigenvalue weighted by molar-refractivity contribution is 0.469. The SMILES string of the molecule is Oc1c(Cl)cccc1CNc1c(F)cc(F)cc1Br. The van der Waals surface area contributed by atoms with Crippen LogP contribution < -0.4 is 5.32 Å². The van der Waals surface area contributed by atoms with Crippen LogP contribution in [0.2, 0.25) is 5.02 Å². The number of halogens is 4. The van der Waals surface area contributed by atoms with Gasteiger partial charge in [-0.1, -0.05) is 23.7 Å². The van der Waals surface area contributed by atoms with Gasteiger partial charge in [-0.3, -0.25) is 0 Å². The smallest absolute Gasteiger partial charge is 0.150 e. The van der Waals surface area contributed by atoms with E-state index in [0.29, 0.717) is 5.56 Å². The van der Waals surface area contributed by atoms with Crippen molar-refractivity contribution in [2.45, 2.75) is 6.54 Å². The first-order valence-corrected chi connectivity index (χ1v) is 6.51. The van der Waals surface area contributed by atoms with Crippen molar-refractivity contribution in [3.05, 3.63) is 57.0 Å². The number of benzene rings is 2. The number of nitrogens with one attached hydrogen (secondary N) is 1. The summed E-state index contributed by atoms with van der Waals surface area (Å²) in [5, 5.41) is 12.7. The summed E-state index contributed by atoms with van der Waals surface area (Å²) in [5.41, 5.74) is 0.643. The number of anilines is 1. The molecule has 0 amide bonds. The monoisotopic (exact) mass is 347 g/mol. The Kier molecular flexibility index (Phi) is 4.27. The minimum Gasteiger partial charge on any atom is -0.506 e. The van der Waals surface area contributed by atoms with Gasteiger partial charge in [0.05, 0.1) is 10.7 Å². The maximum atomic E-state index is 13.6. The Bertz CT molecular complexity index is 599. The van der Waals surface area contributed by atoms with E-state index in [1.165, 1.54) is 0 Å². The first kappa shape index (κ1) is 14.1. The summed E-state index contributed by atoms with van der Waals surface area (Å²) in [5.74, 6) is -1.44. The zero-order valence-electron chi connectivity index (χ0n) is 9.55. The molecule has 0 saturated carbocycles. The molecular formula is C13H9BrClF2NO. The van der Waals surface area contributed by atoms with Crippen molar-refractivity contribution in [2.24, 2.45) is 0 Å². The first-order chi connectivity index (χ1) is 8.99. The van der Waals surface area contributed by atoms with Crippen molar-refractivity contribution >= 4 is 33.2 Å². The normalized spacial score (nSPS) is 10.5. The van der Waals surface area contributed by atoms with E-state index >= 15 is 0 Å². The summed E-state index contributed by atoms with van der Waals surface area (Å²) in [7, 11) is 0. The summed E-state index contributed by atoms with van der Waals surface area (Å²) in [4.78, 5) is 0. The number of hydrogen-bond donors (Lipinski definition) is 2. The predicted molar refractivity (Wildman–Crippen MR) is 74.5 cm³/mol. The van der Waals surface area contributed by atoms with Crippen molar-refractivity contribution in [1.29, 1.82) is 0 Å². The van der Waals surface area contributed by atoms with Gasteiger partial charge in [-0.2, -0.15) is 0 Å². The fourth-order valence-electron chi connectivity index (χ4n) is 1.60. The number of rotatable bonds is 3. The molecule has 6 heteroatoms. The molecule has 0 aliphatic rings. The van der Waals surface area contributed by atoms with Crippen LogP contribution in [0, 0.1) is 11.6 Å². The Hall–Kier alpha value is -1.33. The number of para-hydroxylation sites is 1. The van der Waals surface area contributed by atoms with Crippen LogP contribution in [0.3, 0.4) is 0 Å². The highest BCUT2D eigenvalue weighted by Gasteiger charge is 2.11. The second-order valence-corrected chi connectivity index (χ2v) is 5.11. The molecule has 2 nitrogen and oxygen atoms in total. The Morgan fingerprint density at radius 3 is 2.68 bits per heavy atom. The van der Waals surface area contributed by atoms with Crippen LogP contribution in [-0.2, 0) is 6.54 Å². The fourth-order valence-corrected chi connectivity index (χ4v) is 2.34. The molecule has 0 unspecified atom stereocenters. The highest BCUT2D eigenvalue weighted by molar-refractivity contribution is 9.10. The quantitative estimate of drug-likeness (QED) is 0.843. The molecule has 2 rings (SSSR count). The summed E-state index contributed by atoms with van der Waals surface area (Å²) < 4.78 is 26.8. The lowest BCUT2D eigenvalue weighted by atomic mass is 10.2. The van der Waals surface area contributed by atoms with E-state index in [2.05, 4.69) is 21.2 Å². The zero-order valence-corrected chi connectivity index (χ0v) is 11.9. The highest BCUT2D eigenvalue weighted by atomic mass is 79.9. The van der Waals surface area contributed by atoms with E-state index in [9.17, 15) is 13.9 Å². The molecule has 100 valence electrons. The molecule has 0 atom stereocenters. The molecule has 0 saturated heterocycles. The van der Waals surface area contributed by atoms with E-state index in [4.69, 9.17) is 11.6 Å². The molecule has 2 aromatic carbocycles. The molecule has 2 N–H and O–H groups in total. The number of phenolic OH excluding ortho intramolecular Hbond substituents is 1. The molecule has 0 aliphatic carbocycles. The van der Waals surface area contributed by atoms with Crippen molar-refractivity contribution in [3.63, 3.8) is 0 Å². The van der Waals surface area contributed by atoms with Gasteiger partial charge in [-0.15, -0.1) is 0 Å². The number of phenols is 1. The third kappa shape index (κ3) is 3.16. The van der Waals surface area contributed by atoms with Crippen LogP contribution in [-0.4, -0.2) is 5.11 Å². The minimum absolute atomic E-state index is 0.0599. The van der Waals surface area contributed by atoms with Crippen molar-refractivity contribution in [1.82, 2.24) is 0 Å². The van der Waals surface area contributed by atoms with Gasteiger partial charge < -0.3 is 10.4 Å². The average Bonchev–Trinajstić information content (AvgIpc) is 2.33. The molecule has 0 aromatic heterocycles. The third-order valence-corrected chi connectivity index (χ3v) is 3.46. The molecule has 0 fully saturated rings. The largest absolute Gasteiger partial charge is 0.506 e. The van der Waals surface area contributed by atoms with Gasteiger partial charge in [-0.25, -0.2) is 8.78 Å². The van der Waals surface area contributed by atoms with Crippen molar-refractivity contribution in [3.8, 4) is 5.75 Å². The van der Waals surface area contributed by atoms with Gasteiger partial charge >= 0.3 is 0 Å². The molecule has 2 aromatic rings. The fraction of sp³-hybridized carbons (Fsp3) is 0.0769. The number of hydrogen-bond acceptors (Lipinski definition) is 2. The van der Waals surface area contributed by atoms with Gasteiger partial charge in [-0.05, 0) is 28.1 Å². The maximum absolute atomic E-state index is 13.6. The lowest BCUT2D eigenvalue weighted by Gasteiger charge is -2.11. The van der Waals surface area contributed by atoms with Gasteiger partial charge in [0, 0.05) is 22.6 Å². The van der Waals surface area contributed by atoms with Crippen LogP contribution in [0.25, 0.3) is 0 Å². The summed E-state index contributed by atoms with van der Waals surface area (Å²) in [6, 6.07) is 6.82. The lowest BCUT2D eigenvalue weighted by Crippen LogP contribution is -2.03. The molecule has 0 aliphatic heterocycles. The van der Waals surface area contributed by atoms with E-state index in [0.717, 1.165) is 12.1 Å². The van der Waals surface area contributed by atoms with E-state index in [1.807, 2.05) is 0 Å². The van der Waals surface area contributed by atoms with E-state index < -0.39 is 11.6 Å². The molecule has 0 bridgehead atoms. The Labute approximate surface area is 122 Å². The third-order valence-electron chi connectivity index (χ3n) is 2.53. The maximum Gasteiger partial charge on any atom is 0.150 e. The van der Waals surface area contributed by atoms with Gasteiger partial charge in [0.15, 0.2) is 0 Å². The molecule has 0 radical (unpaired) electrons. The first-order valence-electron chi connectivity index (χ1n) is 5.34. The van der Waals surface area contributed by atoms with Crippen molar-refractivity contribution < 1.29 is 13.9 Å².